The maximum Gasteiger partial charge on any atom is 0.335 e. The van der Waals surface area contributed by atoms with Crippen LogP contribution in [0.1, 0.15) is 28.9 Å². The number of hydrogen-bond donors (Lipinski definition) is 2. The van der Waals surface area contributed by atoms with Gasteiger partial charge < -0.3 is 15.2 Å². The molecule has 7 heteroatoms. The Morgan fingerprint density at radius 2 is 1.81 bits per heavy atom. The molecule has 0 aliphatic carbocycles. The van der Waals surface area contributed by atoms with Gasteiger partial charge in [0.1, 0.15) is 17.3 Å². The third-order valence-electron chi connectivity index (χ3n) is 4.88. The van der Waals surface area contributed by atoms with E-state index in [4.69, 9.17) is 33.0 Å². The Balaban J connectivity index is 1.67. The summed E-state index contributed by atoms with van der Waals surface area (Å²) in [6.45, 7) is 1.98. The summed E-state index contributed by atoms with van der Waals surface area (Å²) in [4.78, 5) is 15.6. The number of aromatic carboxylic acids is 1. The van der Waals surface area contributed by atoms with E-state index in [-0.39, 0.29) is 11.6 Å². The highest BCUT2D eigenvalue weighted by Gasteiger charge is 2.14. The van der Waals surface area contributed by atoms with E-state index >= 15 is 0 Å². The van der Waals surface area contributed by atoms with Gasteiger partial charge in [0, 0.05) is 18.3 Å². The van der Waals surface area contributed by atoms with Gasteiger partial charge in [-0.1, -0.05) is 47.5 Å². The van der Waals surface area contributed by atoms with Crippen molar-refractivity contribution in [3.63, 3.8) is 0 Å². The molecular weight excluding hydrogens is 435 g/mol. The van der Waals surface area contributed by atoms with E-state index in [0.717, 1.165) is 16.3 Å². The molecule has 5 nitrogen and oxygen atoms in total. The molecule has 0 saturated carbocycles. The number of halogens is 2. The molecule has 4 aromatic rings. The van der Waals surface area contributed by atoms with Gasteiger partial charge in [-0.15, -0.1) is 0 Å². The second-order valence-electron chi connectivity index (χ2n) is 6.98. The number of hydrogen-bond acceptors (Lipinski definition) is 4. The number of carbonyl (C=O) groups is 1. The number of benzene rings is 3. The normalized spacial score (nSPS) is 11.8. The lowest BCUT2D eigenvalue weighted by molar-refractivity contribution is 0.0697. The van der Waals surface area contributed by atoms with E-state index in [1.807, 2.05) is 31.2 Å². The summed E-state index contributed by atoms with van der Waals surface area (Å²) in [5, 5.41) is 15.2. The highest BCUT2D eigenvalue weighted by Crippen LogP contribution is 2.36. The van der Waals surface area contributed by atoms with Crippen molar-refractivity contribution in [2.24, 2.45) is 0 Å². The van der Waals surface area contributed by atoms with E-state index < -0.39 is 5.97 Å². The molecule has 0 aliphatic heterocycles. The van der Waals surface area contributed by atoms with Crippen LogP contribution in [0, 0.1) is 0 Å². The Morgan fingerprint density at radius 3 is 2.52 bits per heavy atom. The van der Waals surface area contributed by atoms with Crippen LogP contribution in [-0.4, -0.2) is 16.1 Å². The molecule has 1 aromatic heterocycles. The van der Waals surface area contributed by atoms with Crippen LogP contribution in [0.15, 0.2) is 72.9 Å². The molecular formula is C24H18Cl2N2O3. The third kappa shape index (κ3) is 4.58. The van der Waals surface area contributed by atoms with Crippen molar-refractivity contribution in [1.82, 2.24) is 4.98 Å². The minimum Gasteiger partial charge on any atom is -0.478 e. The van der Waals surface area contributed by atoms with Crippen LogP contribution >= 0.6 is 23.2 Å². The minimum absolute atomic E-state index is 0.112. The first-order valence-corrected chi connectivity index (χ1v) is 10.3. The number of aromatic nitrogens is 1. The molecule has 0 spiro atoms. The lowest BCUT2D eigenvalue weighted by Crippen LogP contribution is -2.09. The molecule has 0 amide bonds. The zero-order chi connectivity index (χ0) is 22.0. The van der Waals surface area contributed by atoms with Crippen LogP contribution in [0.4, 0.5) is 5.82 Å². The van der Waals surface area contributed by atoms with Gasteiger partial charge in [0.05, 0.1) is 21.0 Å². The van der Waals surface area contributed by atoms with Gasteiger partial charge in [-0.05, 0) is 54.3 Å². The topological polar surface area (TPSA) is 71.5 Å². The van der Waals surface area contributed by atoms with Crippen molar-refractivity contribution in [3.05, 3.63) is 94.1 Å². The molecule has 3 aromatic carbocycles. The van der Waals surface area contributed by atoms with Crippen LogP contribution in [0.2, 0.25) is 10.0 Å². The molecule has 0 fully saturated rings. The summed E-state index contributed by atoms with van der Waals surface area (Å²) in [6, 6.07) is 19.4. The summed E-state index contributed by atoms with van der Waals surface area (Å²) in [5.74, 6) is 0.892. The molecule has 0 unspecified atom stereocenters. The molecule has 4 rings (SSSR count). The predicted octanol–water partition coefficient (Wildman–Crippen LogP) is 7.21. The first kappa shape index (κ1) is 21.0. The van der Waals surface area contributed by atoms with Crippen molar-refractivity contribution < 1.29 is 14.6 Å². The number of ether oxygens (including phenoxy) is 1. The third-order valence-corrected chi connectivity index (χ3v) is 5.62. The largest absolute Gasteiger partial charge is 0.478 e. The first-order chi connectivity index (χ1) is 14.9. The average Bonchev–Trinajstić information content (AvgIpc) is 2.76. The number of pyridine rings is 1. The van der Waals surface area contributed by atoms with E-state index in [1.54, 1.807) is 48.7 Å². The molecule has 2 N–H and O–H groups in total. The highest BCUT2D eigenvalue weighted by molar-refractivity contribution is 6.42. The molecule has 156 valence electrons. The Kier molecular flexibility index (Phi) is 5.98. The van der Waals surface area contributed by atoms with Crippen LogP contribution in [0.3, 0.4) is 0 Å². The summed E-state index contributed by atoms with van der Waals surface area (Å²) < 4.78 is 6.11. The molecule has 0 aliphatic rings. The number of carboxylic acid groups (broad SMARTS) is 1. The first-order valence-electron chi connectivity index (χ1n) is 9.53. The minimum atomic E-state index is -0.952. The molecule has 0 bridgehead atoms. The monoisotopic (exact) mass is 452 g/mol. The Morgan fingerprint density at radius 1 is 1.03 bits per heavy atom. The molecule has 0 saturated heterocycles. The fourth-order valence-electron chi connectivity index (χ4n) is 3.26. The van der Waals surface area contributed by atoms with Crippen molar-refractivity contribution in [2.75, 3.05) is 5.32 Å². The van der Waals surface area contributed by atoms with Gasteiger partial charge >= 0.3 is 5.97 Å². The highest BCUT2D eigenvalue weighted by atomic mass is 35.5. The Labute approximate surface area is 189 Å². The summed E-state index contributed by atoms with van der Waals surface area (Å²) >= 11 is 12.1. The second kappa shape index (κ2) is 8.84. The Bertz CT molecular complexity index is 1250. The van der Waals surface area contributed by atoms with E-state index in [1.165, 1.54) is 0 Å². The molecule has 31 heavy (non-hydrogen) atoms. The molecule has 0 radical (unpaired) electrons. The van der Waals surface area contributed by atoms with Gasteiger partial charge in [0.2, 0.25) is 0 Å². The fraction of sp³-hybridized carbons (Fsp3) is 0.0833. The van der Waals surface area contributed by atoms with Crippen molar-refractivity contribution in [3.8, 4) is 11.5 Å². The lowest BCUT2D eigenvalue weighted by Gasteiger charge is -2.18. The fourth-order valence-corrected chi connectivity index (χ4v) is 3.55. The second-order valence-corrected chi connectivity index (χ2v) is 7.80. The van der Waals surface area contributed by atoms with Crippen molar-refractivity contribution in [2.45, 2.75) is 13.0 Å². The smallest absolute Gasteiger partial charge is 0.335 e. The maximum atomic E-state index is 11.1. The summed E-state index contributed by atoms with van der Waals surface area (Å²) in [7, 11) is 0. The van der Waals surface area contributed by atoms with Gasteiger partial charge in [0.25, 0.3) is 0 Å². The van der Waals surface area contributed by atoms with Crippen molar-refractivity contribution >= 4 is 45.8 Å². The van der Waals surface area contributed by atoms with Crippen LogP contribution in [0.5, 0.6) is 11.5 Å². The van der Waals surface area contributed by atoms with E-state index in [0.29, 0.717) is 27.4 Å². The van der Waals surface area contributed by atoms with Crippen LogP contribution in [-0.2, 0) is 0 Å². The number of nitrogens with one attached hydrogen (secondary N) is 1. The Hall–Kier alpha value is -3.28. The lowest BCUT2D eigenvalue weighted by atomic mass is 10.1. The number of carboxylic acids is 1. The summed E-state index contributed by atoms with van der Waals surface area (Å²) in [6.07, 6.45) is 1.73. The molecule has 1 heterocycles. The number of fused-ring (bicyclic) bond motifs is 1. The zero-order valence-electron chi connectivity index (χ0n) is 16.5. The van der Waals surface area contributed by atoms with Crippen LogP contribution < -0.4 is 10.1 Å². The zero-order valence-corrected chi connectivity index (χ0v) is 18.0. The van der Waals surface area contributed by atoms with Gasteiger partial charge in [0.15, 0.2) is 0 Å². The van der Waals surface area contributed by atoms with E-state index in [2.05, 4.69) is 10.3 Å². The quantitative estimate of drug-likeness (QED) is 0.323. The standard InChI is InChI=1S/C24H18Cl2N2O3/c1-14(15-5-7-17(8-6-15)24(29)30)28-23-22-16(11-12-27-23)3-2-4-21(22)31-18-9-10-19(25)20(26)13-18/h2-14H,1H3,(H,27,28)(H,29,30)/t14-/m0/s1. The van der Waals surface area contributed by atoms with Crippen molar-refractivity contribution in [1.29, 1.82) is 0 Å². The van der Waals surface area contributed by atoms with Crippen LogP contribution in [0.25, 0.3) is 10.8 Å². The predicted molar refractivity (Wildman–Crippen MR) is 124 cm³/mol. The summed E-state index contributed by atoms with van der Waals surface area (Å²) in [5.41, 5.74) is 1.18. The molecule has 1 atom stereocenters. The SMILES string of the molecule is C[C@H](Nc1nccc2cccc(Oc3ccc(Cl)c(Cl)c3)c12)c1ccc(C(=O)O)cc1. The van der Waals surface area contributed by atoms with Gasteiger partial charge in [-0.25, -0.2) is 9.78 Å². The van der Waals surface area contributed by atoms with E-state index in [9.17, 15) is 4.79 Å². The number of anilines is 1. The number of rotatable bonds is 6. The van der Waals surface area contributed by atoms with Gasteiger partial charge in [-0.2, -0.15) is 0 Å². The average molecular weight is 453 g/mol. The number of nitrogens with zero attached hydrogens (tertiary/aromatic N) is 1. The van der Waals surface area contributed by atoms with Gasteiger partial charge in [-0.3, -0.25) is 0 Å². The maximum absolute atomic E-state index is 11.1.